The predicted molar refractivity (Wildman–Crippen MR) is 77.7 cm³/mol. The molecule has 0 aliphatic heterocycles. The smallest absolute Gasteiger partial charge is 0.226 e. The second kappa shape index (κ2) is 5.10. The summed E-state index contributed by atoms with van der Waals surface area (Å²) in [7, 11) is 0. The molecule has 2 bridgehead atoms. The van der Waals surface area contributed by atoms with Gasteiger partial charge in [-0.15, -0.1) is 0 Å². The van der Waals surface area contributed by atoms with E-state index in [1.807, 2.05) is 0 Å². The minimum absolute atomic E-state index is 0.0792. The quantitative estimate of drug-likeness (QED) is 0.822. The molecule has 0 unspecified atom stereocenters. The molecule has 1 N–H and O–H groups in total. The van der Waals surface area contributed by atoms with Crippen molar-refractivity contribution in [2.24, 2.45) is 23.2 Å². The highest BCUT2D eigenvalue weighted by Crippen LogP contribution is 2.49. The largest absolute Gasteiger partial charge is 0.353 e. The Morgan fingerprint density at radius 1 is 1.16 bits per heavy atom. The Kier molecular flexibility index (Phi) is 3.61. The number of carbonyl (C=O) groups is 1. The van der Waals surface area contributed by atoms with Gasteiger partial charge in [0.05, 0.1) is 0 Å². The average Bonchev–Trinajstić information content (AvgIpc) is 3.01. The Bertz CT molecular complexity index is 345. The van der Waals surface area contributed by atoms with Gasteiger partial charge in [-0.25, -0.2) is 0 Å². The van der Waals surface area contributed by atoms with Crippen LogP contribution < -0.4 is 5.32 Å². The molecule has 2 heteroatoms. The average molecular weight is 263 g/mol. The van der Waals surface area contributed by atoms with Crippen LogP contribution in [0.25, 0.3) is 0 Å². The molecular formula is C17H29NO. The van der Waals surface area contributed by atoms with Gasteiger partial charge in [-0.3, -0.25) is 4.79 Å². The Morgan fingerprint density at radius 2 is 1.89 bits per heavy atom. The van der Waals surface area contributed by atoms with Gasteiger partial charge in [0.15, 0.2) is 0 Å². The number of carbonyl (C=O) groups excluding carboxylic acids is 1. The molecule has 0 radical (unpaired) electrons. The molecule has 19 heavy (non-hydrogen) atoms. The summed E-state index contributed by atoms with van der Waals surface area (Å²) >= 11 is 0. The maximum absolute atomic E-state index is 12.6. The zero-order valence-corrected chi connectivity index (χ0v) is 12.6. The maximum Gasteiger partial charge on any atom is 0.226 e. The van der Waals surface area contributed by atoms with Crippen LogP contribution in [-0.4, -0.2) is 11.9 Å². The standard InChI is InChI=1S/C17H29NO/c1-12(15-11-13-6-7-14(15)10-13)18-16(19)17(2)8-4-3-5-9-17/h12-15H,3-11H2,1-2H3,(H,18,19)/t12-,13-,14-,15+/m1/s1. The highest BCUT2D eigenvalue weighted by atomic mass is 16.2. The summed E-state index contributed by atoms with van der Waals surface area (Å²) in [6, 6.07) is 0.390. The van der Waals surface area contributed by atoms with Gasteiger partial charge in [0, 0.05) is 11.5 Å². The van der Waals surface area contributed by atoms with Crippen LogP contribution in [0.1, 0.15) is 71.6 Å². The third kappa shape index (κ3) is 2.55. The van der Waals surface area contributed by atoms with Crippen LogP contribution in [0.4, 0.5) is 0 Å². The summed E-state index contributed by atoms with van der Waals surface area (Å²) in [6.45, 7) is 4.42. The Balaban J connectivity index is 1.57. The first-order valence-corrected chi connectivity index (χ1v) is 8.39. The van der Waals surface area contributed by atoms with Crippen molar-refractivity contribution in [3.8, 4) is 0 Å². The lowest BCUT2D eigenvalue weighted by Crippen LogP contribution is -2.47. The van der Waals surface area contributed by atoms with Gasteiger partial charge < -0.3 is 5.32 Å². The van der Waals surface area contributed by atoms with Crippen molar-refractivity contribution in [2.45, 2.75) is 77.7 Å². The van der Waals surface area contributed by atoms with Crippen LogP contribution in [0.2, 0.25) is 0 Å². The number of hydrogen-bond donors (Lipinski definition) is 1. The van der Waals surface area contributed by atoms with Crippen LogP contribution in [0, 0.1) is 23.2 Å². The lowest BCUT2D eigenvalue weighted by molar-refractivity contribution is -0.133. The van der Waals surface area contributed by atoms with Crippen molar-refractivity contribution in [2.75, 3.05) is 0 Å². The zero-order chi connectivity index (χ0) is 13.5. The van der Waals surface area contributed by atoms with Gasteiger partial charge in [0.2, 0.25) is 5.91 Å². The van der Waals surface area contributed by atoms with E-state index in [-0.39, 0.29) is 5.41 Å². The summed E-state index contributed by atoms with van der Waals surface area (Å²) in [5.41, 5.74) is -0.0792. The molecule has 0 aromatic heterocycles. The molecule has 3 rings (SSSR count). The first-order chi connectivity index (χ1) is 9.08. The lowest BCUT2D eigenvalue weighted by Gasteiger charge is -2.35. The molecule has 108 valence electrons. The van der Waals surface area contributed by atoms with Crippen molar-refractivity contribution < 1.29 is 4.79 Å². The third-order valence-electron chi connectivity index (χ3n) is 6.30. The van der Waals surface area contributed by atoms with Crippen molar-refractivity contribution in [3.05, 3.63) is 0 Å². The topological polar surface area (TPSA) is 29.1 Å². The number of hydrogen-bond acceptors (Lipinski definition) is 1. The highest BCUT2D eigenvalue weighted by molar-refractivity contribution is 5.82. The van der Waals surface area contributed by atoms with Crippen LogP contribution >= 0.6 is 0 Å². The van der Waals surface area contributed by atoms with Crippen molar-refractivity contribution >= 4 is 5.91 Å². The summed E-state index contributed by atoms with van der Waals surface area (Å²) in [5, 5.41) is 3.38. The first-order valence-electron chi connectivity index (χ1n) is 8.39. The van der Waals surface area contributed by atoms with Crippen LogP contribution in [0.5, 0.6) is 0 Å². The van der Waals surface area contributed by atoms with E-state index in [1.54, 1.807) is 0 Å². The van der Waals surface area contributed by atoms with Gasteiger partial charge >= 0.3 is 0 Å². The van der Waals surface area contributed by atoms with Gasteiger partial charge in [0.1, 0.15) is 0 Å². The van der Waals surface area contributed by atoms with Gasteiger partial charge in [-0.05, 0) is 56.8 Å². The molecule has 4 atom stereocenters. The summed E-state index contributed by atoms with van der Waals surface area (Å²) in [5.74, 6) is 2.97. The van der Waals surface area contributed by atoms with Crippen LogP contribution in [0.15, 0.2) is 0 Å². The van der Waals surface area contributed by atoms with E-state index in [4.69, 9.17) is 0 Å². The summed E-state index contributed by atoms with van der Waals surface area (Å²) < 4.78 is 0. The number of amides is 1. The molecule has 0 heterocycles. The minimum Gasteiger partial charge on any atom is -0.353 e. The van der Waals surface area contributed by atoms with E-state index in [0.29, 0.717) is 11.9 Å². The summed E-state index contributed by atoms with van der Waals surface area (Å²) in [6.07, 6.45) is 11.6. The summed E-state index contributed by atoms with van der Waals surface area (Å²) in [4.78, 5) is 12.6. The normalized spacial score (nSPS) is 38.1. The molecule has 1 amide bonds. The molecule has 3 aliphatic rings. The SMILES string of the molecule is C[C@@H](NC(=O)C1(C)CCCCC1)[C@@H]1C[C@@H]2CC[C@@H]1C2. The molecule has 2 nitrogen and oxygen atoms in total. The van der Waals surface area contributed by atoms with E-state index >= 15 is 0 Å². The van der Waals surface area contributed by atoms with Crippen molar-refractivity contribution in [1.29, 1.82) is 0 Å². The molecule has 3 saturated carbocycles. The van der Waals surface area contributed by atoms with Crippen molar-refractivity contribution in [1.82, 2.24) is 5.32 Å². The number of rotatable bonds is 3. The van der Waals surface area contributed by atoms with Crippen LogP contribution in [-0.2, 0) is 4.79 Å². The molecule has 3 aliphatic carbocycles. The Labute approximate surface area is 117 Å². The molecule has 3 fully saturated rings. The van der Waals surface area contributed by atoms with Gasteiger partial charge in [0.25, 0.3) is 0 Å². The molecule has 0 saturated heterocycles. The molecular weight excluding hydrogens is 234 g/mol. The zero-order valence-electron chi connectivity index (χ0n) is 12.6. The number of fused-ring (bicyclic) bond motifs is 2. The number of nitrogens with one attached hydrogen (secondary N) is 1. The maximum atomic E-state index is 12.6. The predicted octanol–water partition coefficient (Wildman–Crippen LogP) is 3.90. The Hall–Kier alpha value is -0.530. The third-order valence-corrected chi connectivity index (χ3v) is 6.30. The highest BCUT2D eigenvalue weighted by Gasteiger charge is 2.43. The van der Waals surface area contributed by atoms with Crippen LogP contribution in [0.3, 0.4) is 0 Å². The molecule has 0 spiro atoms. The first kappa shape index (κ1) is 13.5. The van der Waals surface area contributed by atoms with E-state index in [9.17, 15) is 4.79 Å². The van der Waals surface area contributed by atoms with E-state index in [2.05, 4.69) is 19.2 Å². The second-order valence-electron chi connectivity index (χ2n) is 7.72. The van der Waals surface area contributed by atoms with Crippen molar-refractivity contribution in [3.63, 3.8) is 0 Å². The lowest BCUT2D eigenvalue weighted by atomic mass is 9.74. The van der Waals surface area contributed by atoms with E-state index in [1.165, 1.54) is 44.9 Å². The fourth-order valence-corrected chi connectivity index (χ4v) is 4.95. The molecule has 0 aromatic rings. The Morgan fingerprint density at radius 3 is 2.47 bits per heavy atom. The monoisotopic (exact) mass is 263 g/mol. The van der Waals surface area contributed by atoms with Gasteiger partial charge in [-0.2, -0.15) is 0 Å². The fourth-order valence-electron chi connectivity index (χ4n) is 4.95. The minimum atomic E-state index is -0.0792. The molecule has 0 aromatic carbocycles. The van der Waals surface area contributed by atoms with E-state index in [0.717, 1.165) is 30.6 Å². The van der Waals surface area contributed by atoms with Gasteiger partial charge in [-0.1, -0.05) is 32.6 Å². The van der Waals surface area contributed by atoms with E-state index < -0.39 is 0 Å². The fraction of sp³-hybridized carbons (Fsp3) is 0.941. The second-order valence-corrected chi connectivity index (χ2v) is 7.72.